The first-order valence-electron chi connectivity index (χ1n) is 9.08. The van der Waals surface area contributed by atoms with Crippen LogP contribution in [0.4, 0.5) is 5.69 Å². The second-order valence-electron chi connectivity index (χ2n) is 8.61. The highest BCUT2D eigenvalue weighted by Gasteiger charge is 2.64. The average Bonchev–Trinajstić information content (AvgIpc) is 3.00. The molecule has 0 N–H and O–H groups in total. The molecule has 26 heavy (non-hydrogen) atoms. The highest BCUT2D eigenvalue weighted by molar-refractivity contribution is 6.11. The number of carbonyl (C=O) groups is 3. The minimum atomic E-state index is -0.610. The smallest absolute Gasteiger partial charge is 0.236 e. The van der Waals surface area contributed by atoms with Crippen molar-refractivity contribution in [2.45, 2.75) is 52.2 Å². The molecule has 4 atom stereocenters. The van der Waals surface area contributed by atoms with Crippen LogP contribution in [-0.2, 0) is 14.4 Å². The first-order chi connectivity index (χ1) is 12.1. The van der Waals surface area contributed by atoms with Crippen LogP contribution < -0.4 is 4.90 Å². The van der Waals surface area contributed by atoms with Crippen molar-refractivity contribution in [1.82, 2.24) is 4.90 Å². The van der Waals surface area contributed by atoms with Gasteiger partial charge in [-0.05, 0) is 52.3 Å². The van der Waals surface area contributed by atoms with Gasteiger partial charge >= 0.3 is 0 Å². The Kier molecular flexibility index (Phi) is 3.46. The molecule has 1 aromatic rings. The summed E-state index contributed by atoms with van der Waals surface area (Å²) in [5.41, 5.74) is 2.51. The lowest BCUT2D eigenvalue weighted by molar-refractivity contribution is -0.146. The number of imide groups is 1. The molecule has 2 amide bonds. The maximum Gasteiger partial charge on any atom is 0.236 e. The van der Waals surface area contributed by atoms with E-state index < -0.39 is 23.4 Å². The molecular formula is C21H24N2O3. The van der Waals surface area contributed by atoms with Gasteiger partial charge in [-0.2, -0.15) is 0 Å². The molecular weight excluding hydrogens is 328 g/mol. The van der Waals surface area contributed by atoms with Gasteiger partial charge in [0, 0.05) is 11.2 Å². The minimum Gasteiger partial charge on any atom is -0.353 e. The molecule has 1 aromatic carbocycles. The fraction of sp³-hybridized carbons (Fsp3) is 0.476. The minimum absolute atomic E-state index is 0.0683. The fourth-order valence-corrected chi connectivity index (χ4v) is 4.81. The summed E-state index contributed by atoms with van der Waals surface area (Å²) in [5, 5.41) is 0. The van der Waals surface area contributed by atoms with Crippen LogP contribution in [0.2, 0.25) is 0 Å². The number of amides is 2. The van der Waals surface area contributed by atoms with Gasteiger partial charge < -0.3 is 4.90 Å². The van der Waals surface area contributed by atoms with Crippen molar-refractivity contribution in [1.29, 1.82) is 0 Å². The Balaban J connectivity index is 1.86. The van der Waals surface area contributed by atoms with Gasteiger partial charge in [0.05, 0.1) is 17.9 Å². The zero-order valence-corrected chi connectivity index (χ0v) is 15.8. The van der Waals surface area contributed by atoms with Crippen molar-refractivity contribution >= 4 is 29.4 Å². The number of aryl methyl sites for hydroxylation is 1. The predicted octanol–water partition coefficient (Wildman–Crippen LogP) is 2.57. The predicted molar refractivity (Wildman–Crippen MR) is 99.5 cm³/mol. The van der Waals surface area contributed by atoms with E-state index in [0.29, 0.717) is 0 Å². The van der Waals surface area contributed by atoms with E-state index in [1.54, 1.807) is 0 Å². The zero-order valence-electron chi connectivity index (χ0n) is 15.8. The summed E-state index contributed by atoms with van der Waals surface area (Å²) in [6, 6.07) is 5.21. The number of anilines is 1. The van der Waals surface area contributed by atoms with Gasteiger partial charge in [0.25, 0.3) is 0 Å². The van der Waals surface area contributed by atoms with Crippen LogP contribution in [0.5, 0.6) is 0 Å². The monoisotopic (exact) mass is 352 g/mol. The van der Waals surface area contributed by atoms with Crippen LogP contribution in [0.25, 0.3) is 6.08 Å². The number of ketones is 1. The largest absolute Gasteiger partial charge is 0.353 e. The number of likely N-dealkylation sites (tertiary alicyclic amines) is 1. The molecule has 5 nitrogen and oxygen atoms in total. The Morgan fingerprint density at radius 2 is 1.73 bits per heavy atom. The van der Waals surface area contributed by atoms with E-state index in [-0.39, 0.29) is 23.6 Å². The van der Waals surface area contributed by atoms with E-state index in [9.17, 15) is 14.4 Å². The number of hydrogen-bond acceptors (Lipinski definition) is 4. The number of fused-ring (bicyclic) bond motifs is 5. The molecule has 2 saturated heterocycles. The van der Waals surface area contributed by atoms with E-state index >= 15 is 0 Å². The fourth-order valence-electron chi connectivity index (χ4n) is 4.81. The number of nitrogens with zero attached hydrogens (tertiary/aromatic N) is 2. The molecule has 3 aliphatic heterocycles. The standard InChI is InChI=1S/C21H24N2O3/c1-11-6-8-14-13(10-11)7-9-15-16-17(18(12(2)24)22(14)15)20(26)23(19(16)25)21(3,4)5/h6-10,15-18H,1-5H3/t15-,16-,17+,18+/m1/s1. The molecule has 0 bridgehead atoms. The molecule has 2 fully saturated rings. The normalized spacial score (nSPS) is 29.7. The van der Waals surface area contributed by atoms with Crippen molar-refractivity contribution in [3.05, 3.63) is 35.4 Å². The number of Topliss-reactive ketones (excluding diaryl/α,β-unsaturated/α-hetero) is 1. The number of rotatable bonds is 1. The summed E-state index contributed by atoms with van der Waals surface area (Å²) in [7, 11) is 0. The number of benzene rings is 1. The molecule has 0 radical (unpaired) electrons. The number of hydrogen-bond donors (Lipinski definition) is 0. The van der Waals surface area contributed by atoms with E-state index in [1.165, 1.54) is 11.8 Å². The van der Waals surface area contributed by atoms with Gasteiger partial charge in [-0.25, -0.2) is 0 Å². The Hall–Kier alpha value is -2.43. The van der Waals surface area contributed by atoms with Gasteiger partial charge in [0.15, 0.2) is 5.78 Å². The van der Waals surface area contributed by atoms with Crippen molar-refractivity contribution in [3.63, 3.8) is 0 Å². The molecule has 5 heteroatoms. The lowest BCUT2D eigenvalue weighted by Gasteiger charge is -2.38. The first kappa shape index (κ1) is 17.0. The summed E-state index contributed by atoms with van der Waals surface area (Å²) >= 11 is 0. The van der Waals surface area contributed by atoms with Crippen molar-refractivity contribution in [2.24, 2.45) is 11.8 Å². The molecule has 0 unspecified atom stereocenters. The van der Waals surface area contributed by atoms with Gasteiger partial charge in [-0.3, -0.25) is 19.3 Å². The van der Waals surface area contributed by atoms with Crippen LogP contribution in [-0.4, -0.2) is 40.1 Å². The van der Waals surface area contributed by atoms with Crippen molar-refractivity contribution < 1.29 is 14.4 Å². The second kappa shape index (κ2) is 5.29. The van der Waals surface area contributed by atoms with E-state index in [4.69, 9.17) is 0 Å². The summed E-state index contributed by atoms with van der Waals surface area (Å²) in [4.78, 5) is 42.3. The van der Waals surface area contributed by atoms with Gasteiger partial charge in [-0.15, -0.1) is 0 Å². The van der Waals surface area contributed by atoms with Crippen molar-refractivity contribution in [3.8, 4) is 0 Å². The first-order valence-corrected chi connectivity index (χ1v) is 9.08. The Morgan fingerprint density at radius 3 is 2.35 bits per heavy atom. The maximum absolute atomic E-state index is 13.2. The summed E-state index contributed by atoms with van der Waals surface area (Å²) < 4.78 is 0. The van der Waals surface area contributed by atoms with Crippen LogP contribution in [0, 0.1) is 18.8 Å². The number of carbonyl (C=O) groups excluding carboxylic acids is 3. The third kappa shape index (κ3) is 2.12. The zero-order chi connectivity index (χ0) is 19.0. The highest BCUT2D eigenvalue weighted by Crippen LogP contribution is 2.49. The van der Waals surface area contributed by atoms with Crippen LogP contribution in [0.1, 0.15) is 38.8 Å². The van der Waals surface area contributed by atoms with Gasteiger partial charge in [0.1, 0.15) is 6.04 Å². The molecule has 4 rings (SSSR count). The Bertz CT molecular complexity index is 864. The third-order valence-corrected chi connectivity index (χ3v) is 5.75. The van der Waals surface area contributed by atoms with Crippen molar-refractivity contribution in [2.75, 3.05) is 4.90 Å². The second-order valence-corrected chi connectivity index (χ2v) is 8.61. The summed E-state index contributed by atoms with van der Waals surface area (Å²) in [5.74, 6) is -1.56. The van der Waals surface area contributed by atoms with Crippen LogP contribution >= 0.6 is 0 Å². The highest BCUT2D eigenvalue weighted by atomic mass is 16.2. The Labute approximate surface area is 153 Å². The molecule has 3 heterocycles. The van der Waals surface area contributed by atoms with Crippen LogP contribution in [0.15, 0.2) is 24.3 Å². The van der Waals surface area contributed by atoms with E-state index in [0.717, 1.165) is 16.8 Å². The molecule has 0 aliphatic carbocycles. The molecule has 0 saturated carbocycles. The molecule has 3 aliphatic rings. The molecule has 0 spiro atoms. The molecule has 136 valence electrons. The van der Waals surface area contributed by atoms with E-state index in [2.05, 4.69) is 6.07 Å². The summed E-state index contributed by atoms with van der Waals surface area (Å²) in [6.45, 7) is 9.13. The topological polar surface area (TPSA) is 57.7 Å². The third-order valence-electron chi connectivity index (χ3n) is 5.75. The molecule has 0 aromatic heterocycles. The Morgan fingerprint density at radius 1 is 1.08 bits per heavy atom. The van der Waals surface area contributed by atoms with Gasteiger partial charge in [0.2, 0.25) is 11.8 Å². The maximum atomic E-state index is 13.2. The average molecular weight is 352 g/mol. The quantitative estimate of drug-likeness (QED) is 0.729. The van der Waals surface area contributed by atoms with Crippen LogP contribution in [0.3, 0.4) is 0 Å². The summed E-state index contributed by atoms with van der Waals surface area (Å²) in [6.07, 6.45) is 4.00. The van der Waals surface area contributed by atoms with E-state index in [1.807, 2.05) is 56.9 Å². The van der Waals surface area contributed by atoms with Gasteiger partial charge in [-0.1, -0.05) is 23.8 Å². The SMILES string of the molecule is CC(=O)[C@H]1[C@H]2C(=O)N(C(C)(C)C)C(=O)[C@@H]2[C@H]2C=Cc3cc(C)ccc3N21. The lowest BCUT2D eigenvalue weighted by Crippen LogP contribution is -2.52. The lowest BCUT2D eigenvalue weighted by atomic mass is 9.88.